The summed E-state index contributed by atoms with van der Waals surface area (Å²) >= 11 is 0. The van der Waals surface area contributed by atoms with Crippen molar-refractivity contribution in [2.45, 2.75) is 31.0 Å². The maximum Gasteiger partial charge on any atom is 0.416 e. The number of carbonyl (C=O) groups excluding carboxylic acids is 1. The molecule has 1 aromatic carbocycles. The second kappa shape index (κ2) is 6.67. The van der Waals surface area contributed by atoms with Gasteiger partial charge >= 0.3 is 12.1 Å². The van der Waals surface area contributed by atoms with Gasteiger partial charge in [0.05, 0.1) is 24.7 Å². The lowest BCUT2D eigenvalue weighted by Gasteiger charge is -2.32. The van der Waals surface area contributed by atoms with Gasteiger partial charge in [0.15, 0.2) is 0 Å². The molecule has 0 radical (unpaired) electrons. The summed E-state index contributed by atoms with van der Waals surface area (Å²) < 4.78 is 43.8. The summed E-state index contributed by atoms with van der Waals surface area (Å²) in [7, 11) is 0. The second-order valence-corrected chi connectivity index (χ2v) is 6.45. The van der Waals surface area contributed by atoms with Crippen molar-refractivity contribution >= 4 is 11.9 Å². The van der Waals surface area contributed by atoms with Crippen LogP contribution in [-0.4, -0.2) is 47.7 Å². The van der Waals surface area contributed by atoms with Crippen molar-refractivity contribution in [3.05, 3.63) is 35.4 Å². The highest BCUT2D eigenvalue weighted by Crippen LogP contribution is 2.49. The Bertz CT molecular complexity index is 676. The lowest BCUT2D eigenvalue weighted by molar-refractivity contribution is -0.148. The van der Waals surface area contributed by atoms with E-state index in [1.165, 1.54) is 6.07 Å². The van der Waals surface area contributed by atoms with Crippen LogP contribution in [0.25, 0.3) is 0 Å². The molecule has 136 valence electrons. The van der Waals surface area contributed by atoms with Crippen molar-refractivity contribution in [3.8, 4) is 0 Å². The first-order valence-electron chi connectivity index (χ1n) is 8.05. The third-order valence-electron chi connectivity index (χ3n) is 4.60. The van der Waals surface area contributed by atoms with Gasteiger partial charge in [-0.3, -0.25) is 9.59 Å². The Kier molecular flexibility index (Phi) is 4.73. The van der Waals surface area contributed by atoms with Gasteiger partial charge in [-0.05, 0) is 24.0 Å². The summed E-state index contributed by atoms with van der Waals surface area (Å²) in [6.45, 7) is 0.850. The molecule has 0 spiro atoms. The number of carbonyl (C=O) groups is 2. The van der Waals surface area contributed by atoms with E-state index in [0.29, 0.717) is 18.5 Å². The molecule has 1 saturated carbocycles. The van der Waals surface area contributed by atoms with Gasteiger partial charge in [0.1, 0.15) is 0 Å². The van der Waals surface area contributed by atoms with Crippen LogP contribution < -0.4 is 0 Å². The predicted octanol–water partition coefficient (Wildman–Crippen LogP) is 2.51. The number of halogens is 3. The smallest absolute Gasteiger partial charge is 0.416 e. The minimum atomic E-state index is -4.40. The molecule has 1 heterocycles. The van der Waals surface area contributed by atoms with Crippen LogP contribution in [0.5, 0.6) is 0 Å². The molecule has 3 atom stereocenters. The molecular formula is C17H18F3NO4. The number of ether oxygens (including phenoxy) is 1. The quantitative estimate of drug-likeness (QED) is 0.899. The molecule has 25 heavy (non-hydrogen) atoms. The summed E-state index contributed by atoms with van der Waals surface area (Å²) in [6.07, 6.45) is -4.60. The molecule has 5 nitrogen and oxygen atoms in total. The number of hydrogen-bond donors (Lipinski definition) is 1. The first-order chi connectivity index (χ1) is 11.8. The Balaban J connectivity index is 1.63. The van der Waals surface area contributed by atoms with Crippen LogP contribution in [0.3, 0.4) is 0 Å². The Labute approximate surface area is 142 Å². The van der Waals surface area contributed by atoms with E-state index < -0.39 is 23.8 Å². The number of amides is 1. The van der Waals surface area contributed by atoms with Crippen LogP contribution in [0.1, 0.15) is 29.9 Å². The average Bonchev–Trinajstić information content (AvgIpc) is 3.34. The summed E-state index contributed by atoms with van der Waals surface area (Å²) in [5.74, 6) is -1.68. The first kappa shape index (κ1) is 17.7. The standard InChI is InChI=1S/C17H18F3NO4/c18-17(19,20)11-3-1-2-10(6-11)13-8-14(13)16(24)21-4-5-25-12(9-21)7-15(22)23/h1-3,6,12-14H,4-5,7-9H2,(H,22,23). The Morgan fingerprint density at radius 2 is 2.08 bits per heavy atom. The molecular weight excluding hydrogens is 339 g/mol. The Hall–Kier alpha value is -2.09. The van der Waals surface area contributed by atoms with E-state index in [4.69, 9.17) is 9.84 Å². The van der Waals surface area contributed by atoms with Crippen molar-refractivity contribution in [1.29, 1.82) is 0 Å². The topological polar surface area (TPSA) is 66.8 Å². The fourth-order valence-electron chi connectivity index (χ4n) is 3.25. The number of carboxylic acid groups (broad SMARTS) is 1. The molecule has 0 bridgehead atoms. The highest BCUT2D eigenvalue weighted by atomic mass is 19.4. The summed E-state index contributed by atoms with van der Waals surface area (Å²) in [4.78, 5) is 24.9. The molecule has 2 fully saturated rings. The van der Waals surface area contributed by atoms with Crippen LogP contribution in [0.15, 0.2) is 24.3 Å². The van der Waals surface area contributed by atoms with E-state index in [1.54, 1.807) is 11.0 Å². The number of alkyl halides is 3. The van der Waals surface area contributed by atoms with Gasteiger partial charge in [-0.1, -0.05) is 18.2 Å². The molecule has 0 aromatic heterocycles. The summed E-state index contributed by atoms with van der Waals surface area (Å²) in [5, 5.41) is 8.82. The highest BCUT2D eigenvalue weighted by molar-refractivity contribution is 5.83. The lowest BCUT2D eigenvalue weighted by Crippen LogP contribution is -2.47. The number of benzene rings is 1. The fourth-order valence-corrected chi connectivity index (χ4v) is 3.25. The minimum absolute atomic E-state index is 0.138. The van der Waals surface area contributed by atoms with E-state index in [0.717, 1.165) is 12.1 Å². The number of morpholine rings is 1. The Morgan fingerprint density at radius 1 is 1.32 bits per heavy atom. The van der Waals surface area contributed by atoms with E-state index in [1.807, 2.05) is 0 Å². The predicted molar refractivity (Wildman–Crippen MR) is 80.9 cm³/mol. The number of aliphatic carboxylic acids is 1. The molecule has 1 saturated heterocycles. The number of rotatable bonds is 4. The molecule has 3 rings (SSSR count). The van der Waals surface area contributed by atoms with Crippen molar-refractivity contribution in [2.24, 2.45) is 5.92 Å². The van der Waals surface area contributed by atoms with Crippen molar-refractivity contribution < 1.29 is 32.6 Å². The van der Waals surface area contributed by atoms with Crippen LogP contribution >= 0.6 is 0 Å². The first-order valence-corrected chi connectivity index (χ1v) is 8.05. The zero-order chi connectivity index (χ0) is 18.2. The molecule has 2 aliphatic rings. The third kappa shape index (κ3) is 4.12. The Morgan fingerprint density at radius 3 is 2.76 bits per heavy atom. The van der Waals surface area contributed by atoms with E-state index in [9.17, 15) is 22.8 Å². The van der Waals surface area contributed by atoms with E-state index >= 15 is 0 Å². The monoisotopic (exact) mass is 357 g/mol. The molecule has 1 aromatic rings. The van der Waals surface area contributed by atoms with Crippen molar-refractivity contribution in [2.75, 3.05) is 19.7 Å². The van der Waals surface area contributed by atoms with Gasteiger partial charge in [-0.25, -0.2) is 0 Å². The van der Waals surface area contributed by atoms with Gasteiger partial charge < -0.3 is 14.7 Å². The summed E-state index contributed by atoms with van der Waals surface area (Å²) in [6, 6.07) is 5.08. The number of carboxylic acids is 1. The molecule has 1 aliphatic heterocycles. The van der Waals surface area contributed by atoms with E-state index in [2.05, 4.69) is 0 Å². The van der Waals surface area contributed by atoms with Crippen molar-refractivity contribution in [1.82, 2.24) is 4.90 Å². The van der Waals surface area contributed by atoms with Crippen LogP contribution in [0.4, 0.5) is 13.2 Å². The zero-order valence-corrected chi connectivity index (χ0v) is 13.3. The number of nitrogens with zero attached hydrogens (tertiary/aromatic N) is 1. The molecule has 1 N–H and O–H groups in total. The maximum absolute atomic E-state index is 12.8. The maximum atomic E-state index is 12.8. The SMILES string of the molecule is O=C(O)CC1CN(C(=O)C2CC2c2cccc(C(F)(F)F)c2)CCO1. The highest BCUT2D eigenvalue weighted by Gasteiger charge is 2.47. The van der Waals surface area contributed by atoms with E-state index in [-0.39, 0.29) is 37.3 Å². The average molecular weight is 357 g/mol. The molecule has 3 unspecified atom stereocenters. The van der Waals surface area contributed by atoms with Gasteiger partial charge in [0.2, 0.25) is 5.91 Å². The van der Waals surface area contributed by atoms with Crippen molar-refractivity contribution in [3.63, 3.8) is 0 Å². The van der Waals surface area contributed by atoms with Gasteiger partial charge in [0.25, 0.3) is 0 Å². The van der Waals surface area contributed by atoms with Gasteiger partial charge in [-0.15, -0.1) is 0 Å². The van der Waals surface area contributed by atoms with Crippen LogP contribution in [-0.2, 0) is 20.5 Å². The zero-order valence-electron chi connectivity index (χ0n) is 13.3. The molecule has 1 aliphatic carbocycles. The second-order valence-electron chi connectivity index (χ2n) is 6.45. The normalized spacial score (nSPS) is 26.4. The molecule has 8 heteroatoms. The van der Waals surface area contributed by atoms with Gasteiger partial charge in [-0.2, -0.15) is 13.2 Å². The summed E-state index contributed by atoms with van der Waals surface area (Å²) in [5.41, 5.74) is -0.195. The number of hydrogen-bond acceptors (Lipinski definition) is 3. The largest absolute Gasteiger partial charge is 0.481 e. The molecule has 1 amide bonds. The lowest BCUT2D eigenvalue weighted by atomic mass is 10.0. The van der Waals surface area contributed by atoms with Crippen LogP contribution in [0.2, 0.25) is 0 Å². The van der Waals surface area contributed by atoms with Gasteiger partial charge in [0, 0.05) is 19.0 Å². The van der Waals surface area contributed by atoms with Crippen LogP contribution in [0, 0.1) is 5.92 Å². The minimum Gasteiger partial charge on any atom is -0.481 e. The fraction of sp³-hybridized carbons (Fsp3) is 0.529. The third-order valence-corrected chi connectivity index (χ3v) is 4.60.